The average molecular weight is 899 g/mol. The predicted octanol–water partition coefficient (Wildman–Crippen LogP) is 14.1. The van der Waals surface area contributed by atoms with Gasteiger partial charge < -0.3 is 28.8 Å². The zero-order chi connectivity index (χ0) is 46.4. The van der Waals surface area contributed by atoms with E-state index < -0.39 is 26.6 Å². The zero-order valence-corrected chi connectivity index (χ0v) is 41.9. The van der Waals surface area contributed by atoms with Gasteiger partial charge in [0.15, 0.2) is 0 Å². The third kappa shape index (κ3) is 47.2. The van der Waals surface area contributed by atoms with Crippen LogP contribution in [0, 0.1) is 0 Å². The smallest absolute Gasteiger partial charge is 0.268 e. The summed E-state index contributed by atoms with van der Waals surface area (Å²) in [6.07, 6.45) is 63.2. The molecule has 0 aromatic rings. The number of carbonyl (C=O) groups is 1. The Hall–Kier alpha value is -2.58. The number of unbranched alkanes of at least 4 members (excludes halogenated alkanes) is 17. The normalized spacial score (nSPS) is 15.0. The summed E-state index contributed by atoms with van der Waals surface area (Å²) < 4.78 is 23.2. The number of allylic oxidation sites excluding steroid dienone is 15. The maximum absolute atomic E-state index is 12.9. The van der Waals surface area contributed by atoms with Gasteiger partial charge in [-0.2, -0.15) is 0 Å². The molecule has 2 N–H and O–H groups in total. The quantitative estimate of drug-likeness (QED) is 0.0273. The van der Waals surface area contributed by atoms with Crippen molar-refractivity contribution < 1.29 is 32.9 Å². The van der Waals surface area contributed by atoms with E-state index in [-0.39, 0.29) is 12.5 Å². The first kappa shape index (κ1) is 60.4. The minimum atomic E-state index is -4.61. The van der Waals surface area contributed by atoms with Crippen LogP contribution in [0.4, 0.5) is 0 Å². The van der Waals surface area contributed by atoms with Crippen molar-refractivity contribution >= 4 is 13.7 Å². The van der Waals surface area contributed by atoms with E-state index in [9.17, 15) is 19.4 Å². The fourth-order valence-electron chi connectivity index (χ4n) is 6.56. The maximum atomic E-state index is 12.9. The molecule has 3 unspecified atom stereocenters. The van der Waals surface area contributed by atoms with Crippen LogP contribution in [0.3, 0.4) is 0 Å². The van der Waals surface area contributed by atoms with Crippen LogP contribution in [0.2, 0.25) is 0 Å². The molecule has 0 bridgehead atoms. The van der Waals surface area contributed by atoms with Gasteiger partial charge in [0.05, 0.1) is 39.9 Å². The molecule has 0 radical (unpaired) electrons. The standard InChI is InChI=1S/C54H95N2O6P/c1-6-8-10-12-14-16-18-20-22-24-26-27-28-29-30-32-34-36-38-40-42-44-46-48-54(58)55-52(51-62-63(59,60)61-50-49-56(3,4)5)53(57)47-45-43-41-39-37-35-33-31-25-23-21-19-17-15-13-11-9-7-2/h8,10,14,16,20,22,25-27,29-31,37,39,45,47,52-53,57H,6-7,9,11-13,15,17-19,21,23-24,28,32-36,38,40-44,46,48-51H2,1-5H3,(H-,55,58,59,60)/b10-8-,16-14-,22-20-,27-26-,30-29-,31-25+,39-37+,47-45+. The number of aliphatic hydroxyl groups excluding tert-OH is 1. The molecule has 0 heterocycles. The maximum Gasteiger partial charge on any atom is 0.268 e. The van der Waals surface area contributed by atoms with E-state index in [1.807, 2.05) is 27.2 Å². The minimum Gasteiger partial charge on any atom is -0.756 e. The van der Waals surface area contributed by atoms with Crippen molar-refractivity contribution in [3.8, 4) is 0 Å². The first-order valence-electron chi connectivity index (χ1n) is 25.1. The molecule has 8 nitrogen and oxygen atoms in total. The molecule has 9 heteroatoms. The van der Waals surface area contributed by atoms with E-state index in [0.717, 1.165) is 89.9 Å². The molecule has 63 heavy (non-hydrogen) atoms. The first-order valence-corrected chi connectivity index (χ1v) is 26.6. The van der Waals surface area contributed by atoms with Gasteiger partial charge in [-0.3, -0.25) is 9.36 Å². The van der Waals surface area contributed by atoms with Gasteiger partial charge in [0.1, 0.15) is 13.2 Å². The van der Waals surface area contributed by atoms with Crippen molar-refractivity contribution in [3.63, 3.8) is 0 Å². The lowest BCUT2D eigenvalue weighted by Crippen LogP contribution is -2.45. The molecule has 0 aliphatic heterocycles. The average Bonchev–Trinajstić information content (AvgIpc) is 3.24. The van der Waals surface area contributed by atoms with Crippen molar-refractivity contribution in [1.29, 1.82) is 0 Å². The number of nitrogens with zero attached hydrogens (tertiary/aromatic N) is 1. The Labute approximate surface area is 388 Å². The Morgan fingerprint density at radius 2 is 0.984 bits per heavy atom. The highest BCUT2D eigenvalue weighted by Crippen LogP contribution is 2.38. The number of aliphatic hydroxyl groups is 1. The minimum absolute atomic E-state index is 0.0167. The van der Waals surface area contributed by atoms with Gasteiger partial charge in [-0.15, -0.1) is 0 Å². The number of nitrogens with one attached hydrogen (secondary N) is 1. The van der Waals surface area contributed by atoms with Crippen LogP contribution >= 0.6 is 7.82 Å². The largest absolute Gasteiger partial charge is 0.756 e. The van der Waals surface area contributed by atoms with Crippen molar-refractivity contribution in [3.05, 3.63) is 97.2 Å². The number of hydrogen-bond acceptors (Lipinski definition) is 6. The van der Waals surface area contributed by atoms with Crippen molar-refractivity contribution in [2.45, 2.75) is 199 Å². The number of hydrogen-bond donors (Lipinski definition) is 2. The topological polar surface area (TPSA) is 108 Å². The van der Waals surface area contributed by atoms with E-state index in [1.165, 1.54) is 77.0 Å². The van der Waals surface area contributed by atoms with Gasteiger partial charge >= 0.3 is 0 Å². The molecule has 0 rings (SSSR count). The van der Waals surface area contributed by atoms with Crippen LogP contribution in [-0.4, -0.2) is 68.5 Å². The van der Waals surface area contributed by atoms with E-state index in [0.29, 0.717) is 17.4 Å². The molecule has 1 amide bonds. The number of quaternary nitrogens is 1. The predicted molar refractivity (Wildman–Crippen MR) is 269 cm³/mol. The van der Waals surface area contributed by atoms with E-state index >= 15 is 0 Å². The Morgan fingerprint density at radius 3 is 1.48 bits per heavy atom. The van der Waals surface area contributed by atoms with Crippen LogP contribution in [-0.2, 0) is 18.4 Å². The summed E-state index contributed by atoms with van der Waals surface area (Å²) in [4.78, 5) is 25.4. The van der Waals surface area contributed by atoms with Crippen LogP contribution < -0.4 is 10.2 Å². The molecule has 0 aliphatic carbocycles. The van der Waals surface area contributed by atoms with E-state index in [4.69, 9.17) is 9.05 Å². The van der Waals surface area contributed by atoms with Crippen LogP contribution in [0.1, 0.15) is 187 Å². The van der Waals surface area contributed by atoms with Gasteiger partial charge in [-0.25, -0.2) is 0 Å². The third-order valence-corrected chi connectivity index (χ3v) is 11.5. The summed E-state index contributed by atoms with van der Waals surface area (Å²) >= 11 is 0. The van der Waals surface area contributed by atoms with Gasteiger partial charge in [-0.05, 0) is 89.9 Å². The highest BCUT2D eigenvalue weighted by molar-refractivity contribution is 7.45. The summed E-state index contributed by atoms with van der Waals surface area (Å²) in [6, 6.07) is -0.922. The monoisotopic (exact) mass is 899 g/mol. The number of phosphoric ester groups is 1. The fraction of sp³-hybridized carbons (Fsp3) is 0.685. The Balaban J connectivity index is 4.44. The fourth-order valence-corrected chi connectivity index (χ4v) is 7.29. The molecule has 0 aromatic carbocycles. The molecule has 0 saturated carbocycles. The lowest BCUT2D eigenvalue weighted by Gasteiger charge is -2.29. The van der Waals surface area contributed by atoms with E-state index in [1.54, 1.807) is 6.08 Å². The Bertz CT molecular complexity index is 1340. The number of phosphoric acid groups is 1. The van der Waals surface area contributed by atoms with Gasteiger partial charge in [0.2, 0.25) is 5.91 Å². The molecule has 0 aliphatic rings. The summed E-state index contributed by atoms with van der Waals surface area (Å²) in [5.41, 5.74) is 0. The van der Waals surface area contributed by atoms with Crippen molar-refractivity contribution in [2.75, 3.05) is 40.9 Å². The summed E-state index contributed by atoms with van der Waals surface area (Å²) in [7, 11) is 1.21. The summed E-state index contributed by atoms with van der Waals surface area (Å²) in [6.45, 7) is 4.47. The summed E-state index contributed by atoms with van der Waals surface area (Å²) in [5, 5.41) is 13.8. The molecule has 0 spiro atoms. The van der Waals surface area contributed by atoms with Crippen LogP contribution in [0.5, 0.6) is 0 Å². The molecule has 0 fully saturated rings. The Kier molecular flexibility index (Phi) is 42.8. The SMILES string of the molecule is CC/C=C\C/C=C\C/C=C\C/C=C\C/C=C\CCCCCCCCCC(=O)NC(COP(=O)([O-])OCC[N+](C)(C)C)C(O)/C=C/CC/C=C/CC/C=C/CCCCCCCCCC. The number of rotatable bonds is 44. The van der Waals surface area contributed by atoms with Gasteiger partial charge in [-0.1, -0.05) is 188 Å². The molecule has 3 atom stereocenters. The van der Waals surface area contributed by atoms with Crippen LogP contribution in [0.15, 0.2) is 97.2 Å². The summed E-state index contributed by atoms with van der Waals surface area (Å²) in [5.74, 6) is -0.227. The number of carbonyl (C=O) groups excluding carboxylic acids is 1. The number of amides is 1. The van der Waals surface area contributed by atoms with Crippen molar-refractivity contribution in [1.82, 2.24) is 5.32 Å². The van der Waals surface area contributed by atoms with Crippen LogP contribution in [0.25, 0.3) is 0 Å². The lowest BCUT2D eigenvalue weighted by atomic mass is 10.1. The molecular weight excluding hydrogens is 804 g/mol. The molecule has 362 valence electrons. The molecule has 0 aromatic heterocycles. The molecular formula is C54H95N2O6P. The lowest BCUT2D eigenvalue weighted by molar-refractivity contribution is -0.870. The molecule has 0 saturated heterocycles. The van der Waals surface area contributed by atoms with E-state index in [2.05, 4.69) is 104 Å². The second-order valence-corrected chi connectivity index (χ2v) is 19.2. The second-order valence-electron chi connectivity index (χ2n) is 17.8. The Morgan fingerprint density at radius 1 is 0.571 bits per heavy atom. The zero-order valence-electron chi connectivity index (χ0n) is 41.0. The number of likely N-dealkylation sites (N-methyl/N-ethyl adjacent to an activating group) is 1. The second kappa shape index (κ2) is 44.6. The highest BCUT2D eigenvalue weighted by Gasteiger charge is 2.23. The third-order valence-electron chi connectivity index (χ3n) is 10.5. The first-order chi connectivity index (χ1) is 30.5. The van der Waals surface area contributed by atoms with Gasteiger partial charge in [0.25, 0.3) is 7.82 Å². The highest BCUT2D eigenvalue weighted by atomic mass is 31.2. The van der Waals surface area contributed by atoms with Crippen molar-refractivity contribution in [2.24, 2.45) is 0 Å². The van der Waals surface area contributed by atoms with Gasteiger partial charge in [0, 0.05) is 6.42 Å².